The van der Waals surface area contributed by atoms with Gasteiger partial charge in [0.2, 0.25) is 0 Å². The van der Waals surface area contributed by atoms with Crippen molar-refractivity contribution in [2.24, 2.45) is 0 Å². The molecule has 1 fully saturated rings. The average Bonchev–Trinajstić information content (AvgIpc) is 2.77. The number of aromatic nitrogens is 1. The van der Waals surface area contributed by atoms with Crippen LogP contribution < -0.4 is 10.9 Å². The van der Waals surface area contributed by atoms with Gasteiger partial charge in [-0.15, -0.1) is 0 Å². The molecule has 1 aliphatic rings. The van der Waals surface area contributed by atoms with Crippen molar-refractivity contribution in [2.45, 2.75) is 31.1 Å². The number of pyridine rings is 1. The smallest absolute Gasteiger partial charge is 0.258 e. The number of aliphatic hydroxyl groups is 2. The van der Waals surface area contributed by atoms with Crippen LogP contribution in [0.15, 0.2) is 59.5 Å². The number of nitrogens with zero attached hydrogens (tertiary/aromatic N) is 1. The van der Waals surface area contributed by atoms with Gasteiger partial charge in [0.1, 0.15) is 0 Å². The highest BCUT2D eigenvalue weighted by molar-refractivity contribution is 6.36. The van der Waals surface area contributed by atoms with Gasteiger partial charge in [0.25, 0.3) is 11.5 Å². The van der Waals surface area contributed by atoms with Gasteiger partial charge in [-0.3, -0.25) is 14.2 Å². The van der Waals surface area contributed by atoms with Crippen LogP contribution >= 0.6 is 23.2 Å². The van der Waals surface area contributed by atoms with E-state index in [0.717, 1.165) is 24.8 Å². The van der Waals surface area contributed by atoms with Gasteiger partial charge >= 0.3 is 0 Å². The molecule has 0 saturated heterocycles. The summed E-state index contributed by atoms with van der Waals surface area (Å²) in [7, 11) is 0. The fraction of sp³-hybridized carbons (Fsp3) is 0.280. The van der Waals surface area contributed by atoms with E-state index >= 15 is 0 Å². The summed E-state index contributed by atoms with van der Waals surface area (Å²) in [5.74, 6) is -0.642. The number of halogens is 2. The molecule has 1 aliphatic carbocycles. The second-order valence-electron chi connectivity index (χ2n) is 8.22. The lowest BCUT2D eigenvalue weighted by Gasteiger charge is -2.26. The van der Waals surface area contributed by atoms with Crippen LogP contribution in [0.4, 0.5) is 5.69 Å². The molecule has 1 saturated carbocycles. The topological polar surface area (TPSA) is 91.6 Å². The Morgan fingerprint density at radius 3 is 2.33 bits per heavy atom. The molecular formula is C25H24Cl2N2O4. The molecule has 1 heterocycles. The number of nitrogens with one attached hydrogen (secondary N) is 1. The van der Waals surface area contributed by atoms with Crippen LogP contribution in [0.1, 0.15) is 52.6 Å². The van der Waals surface area contributed by atoms with Crippen LogP contribution in [0.3, 0.4) is 0 Å². The highest BCUT2D eigenvalue weighted by Gasteiger charge is 2.25. The number of anilines is 1. The number of carbonyl (C=O) groups is 1. The fourth-order valence-corrected chi connectivity index (χ4v) is 4.35. The monoisotopic (exact) mass is 486 g/mol. The van der Waals surface area contributed by atoms with Gasteiger partial charge < -0.3 is 15.5 Å². The van der Waals surface area contributed by atoms with E-state index in [2.05, 4.69) is 5.32 Å². The molecule has 1 amide bonds. The maximum absolute atomic E-state index is 13.3. The summed E-state index contributed by atoms with van der Waals surface area (Å²) in [6, 6.07) is 13.5. The molecule has 1 aromatic heterocycles. The first kappa shape index (κ1) is 23.5. The Morgan fingerprint density at radius 1 is 1.06 bits per heavy atom. The minimum absolute atomic E-state index is 0.128. The van der Waals surface area contributed by atoms with Crippen LogP contribution in [-0.2, 0) is 0 Å². The van der Waals surface area contributed by atoms with Gasteiger partial charge in [-0.05, 0) is 60.7 Å². The third-order valence-electron chi connectivity index (χ3n) is 6.11. The minimum Gasteiger partial charge on any atom is -0.396 e. The Kier molecular flexibility index (Phi) is 7.20. The number of amides is 1. The Labute approximate surface area is 201 Å². The van der Waals surface area contributed by atoms with Crippen molar-refractivity contribution in [1.82, 2.24) is 4.57 Å². The third kappa shape index (κ3) is 4.99. The van der Waals surface area contributed by atoms with Crippen LogP contribution in [0.5, 0.6) is 0 Å². The predicted octanol–water partition coefficient (Wildman–Crippen LogP) is 4.73. The Bertz CT molecular complexity index is 1220. The number of benzene rings is 2. The summed E-state index contributed by atoms with van der Waals surface area (Å²) >= 11 is 12.1. The molecule has 2 aromatic carbocycles. The van der Waals surface area contributed by atoms with Crippen molar-refractivity contribution in [2.75, 3.05) is 18.5 Å². The second kappa shape index (κ2) is 10.1. The number of rotatable bonds is 7. The van der Waals surface area contributed by atoms with Gasteiger partial charge in [-0.25, -0.2) is 0 Å². The number of hydrogen-bond donors (Lipinski definition) is 3. The zero-order valence-electron chi connectivity index (χ0n) is 17.8. The fourth-order valence-electron chi connectivity index (χ4n) is 3.89. The van der Waals surface area contributed by atoms with Crippen LogP contribution in [0, 0.1) is 0 Å². The van der Waals surface area contributed by atoms with Crippen molar-refractivity contribution in [3.05, 3.63) is 91.8 Å². The molecule has 8 heteroatoms. The van der Waals surface area contributed by atoms with Gasteiger partial charge in [-0.1, -0.05) is 41.8 Å². The molecule has 0 spiro atoms. The van der Waals surface area contributed by atoms with Crippen molar-refractivity contribution in [1.29, 1.82) is 0 Å². The second-order valence-corrected chi connectivity index (χ2v) is 9.06. The lowest BCUT2D eigenvalue weighted by atomic mass is 9.80. The first-order valence-corrected chi connectivity index (χ1v) is 11.5. The largest absolute Gasteiger partial charge is 0.396 e. The molecular weight excluding hydrogens is 463 g/mol. The first-order chi connectivity index (χ1) is 15.9. The average molecular weight is 487 g/mol. The third-order valence-corrected chi connectivity index (χ3v) is 6.66. The van der Waals surface area contributed by atoms with Crippen LogP contribution in [-0.4, -0.2) is 33.9 Å². The zero-order chi connectivity index (χ0) is 23.5. The highest BCUT2D eigenvalue weighted by atomic mass is 35.5. The Morgan fingerprint density at radius 2 is 1.76 bits per heavy atom. The van der Waals surface area contributed by atoms with Crippen molar-refractivity contribution < 1.29 is 15.0 Å². The molecule has 0 unspecified atom stereocenters. The van der Waals surface area contributed by atoms with Crippen LogP contribution in [0.2, 0.25) is 10.0 Å². The molecule has 172 valence electrons. The lowest BCUT2D eigenvalue weighted by Crippen LogP contribution is -2.28. The SMILES string of the molecule is O=C(Nc1ccc(Cl)cc1Cl)c1cc(C2CCC2)c(=O)n(-c2ccc(C(CO)CO)cc2)c1. The van der Waals surface area contributed by atoms with E-state index in [-0.39, 0.29) is 36.5 Å². The predicted molar refractivity (Wildman–Crippen MR) is 130 cm³/mol. The van der Waals surface area contributed by atoms with E-state index in [0.29, 0.717) is 32.5 Å². The summed E-state index contributed by atoms with van der Waals surface area (Å²) in [4.78, 5) is 26.3. The maximum atomic E-state index is 13.3. The number of aliphatic hydroxyl groups excluding tert-OH is 2. The van der Waals surface area contributed by atoms with E-state index in [1.807, 2.05) is 0 Å². The Hall–Kier alpha value is -2.64. The Balaban J connectivity index is 1.72. The van der Waals surface area contributed by atoms with Gasteiger partial charge in [0.15, 0.2) is 0 Å². The van der Waals surface area contributed by atoms with Crippen molar-refractivity contribution in [3.8, 4) is 5.69 Å². The summed E-state index contributed by atoms with van der Waals surface area (Å²) < 4.78 is 1.47. The summed E-state index contributed by atoms with van der Waals surface area (Å²) in [5.41, 5.74) is 2.59. The molecule has 0 radical (unpaired) electrons. The van der Waals surface area contributed by atoms with Crippen molar-refractivity contribution >= 4 is 34.8 Å². The summed E-state index contributed by atoms with van der Waals surface area (Å²) in [5, 5.41) is 22.4. The molecule has 0 bridgehead atoms. The minimum atomic E-state index is -0.387. The first-order valence-electron chi connectivity index (χ1n) is 10.8. The van der Waals surface area contributed by atoms with E-state index < -0.39 is 0 Å². The lowest BCUT2D eigenvalue weighted by molar-refractivity contribution is 0.102. The molecule has 33 heavy (non-hydrogen) atoms. The molecule has 6 nitrogen and oxygen atoms in total. The molecule has 4 rings (SSSR count). The summed E-state index contributed by atoms with van der Waals surface area (Å²) in [6.07, 6.45) is 4.40. The molecule has 0 atom stereocenters. The molecule has 0 aliphatic heterocycles. The van der Waals surface area contributed by atoms with Gasteiger partial charge in [-0.2, -0.15) is 0 Å². The quantitative estimate of drug-likeness (QED) is 0.449. The van der Waals surface area contributed by atoms with E-state index in [1.54, 1.807) is 48.5 Å². The normalized spacial score (nSPS) is 13.7. The zero-order valence-corrected chi connectivity index (χ0v) is 19.3. The number of hydrogen-bond acceptors (Lipinski definition) is 4. The standard InChI is InChI=1S/C25H24Cl2N2O4/c26-19-6-9-23(22(27)11-19)28-24(32)17-10-21(16-2-1-3-16)25(33)29(12-17)20-7-4-15(5-8-20)18(13-30)14-31/h4-12,16,18,30-31H,1-3,13-14H2,(H,28,32). The number of carbonyl (C=O) groups excluding carboxylic acids is 1. The van der Waals surface area contributed by atoms with Crippen LogP contribution in [0.25, 0.3) is 5.69 Å². The highest BCUT2D eigenvalue weighted by Crippen LogP contribution is 2.35. The van der Waals surface area contributed by atoms with E-state index in [9.17, 15) is 19.8 Å². The van der Waals surface area contributed by atoms with Gasteiger partial charge in [0.05, 0.1) is 29.5 Å². The van der Waals surface area contributed by atoms with E-state index in [4.69, 9.17) is 23.2 Å². The van der Waals surface area contributed by atoms with Gasteiger partial charge in [0, 0.05) is 28.4 Å². The molecule has 3 N–H and O–H groups in total. The molecule has 3 aromatic rings. The van der Waals surface area contributed by atoms with Crippen molar-refractivity contribution in [3.63, 3.8) is 0 Å². The van der Waals surface area contributed by atoms with E-state index in [1.165, 1.54) is 10.8 Å². The summed E-state index contributed by atoms with van der Waals surface area (Å²) in [6.45, 7) is -0.352. The maximum Gasteiger partial charge on any atom is 0.258 e.